The molecule has 0 heterocycles. The van der Waals surface area contributed by atoms with Crippen LogP contribution in [0.25, 0.3) is 0 Å². The Balaban J connectivity index is 2.74. The fourth-order valence-corrected chi connectivity index (χ4v) is 2.21. The Hall–Kier alpha value is -1.07. The highest BCUT2D eigenvalue weighted by atomic mass is 79.9. The summed E-state index contributed by atoms with van der Waals surface area (Å²) in [5, 5.41) is 5.92. The van der Waals surface area contributed by atoms with Crippen molar-refractivity contribution < 1.29 is 9.53 Å². The van der Waals surface area contributed by atoms with E-state index in [2.05, 4.69) is 26.6 Å². The molecule has 5 heteroatoms. The summed E-state index contributed by atoms with van der Waals surface area (Å²) in [5.41, 5.74) is 1.72. The number of aryl methyl sites for hydroxylation is 1. The highest BCUT2D eigenvalue weighted by Gasteiger charge is 2.11. The first-order valence-corrected chi connectivity index (χ1v) is 6.66. The molecule has 0 saturated carbocycles. The summed E-state index contributed by atoms with van der Waals surface area (Å²) in [7, 11) is 3.47. The summed E-state index contributed by atoms with van der Waals surface area (Å²) in [6, 6.07) is 3.79. The molecule has 0 aliphatic carbocycles. The molecule has 100 valence electrons. The Morgan fingerprint density at radius 3 is 2.78 bits per heavy atom. The summed E-state index contributed by atoms with van der Waals surface area (Å²) in [6.45, 7) is 2.78. The van der Waals surface area contributed by atoms with E-state index in [4.69, 9.17) is 4.74 Å². The van der Waals surface area contributed by atoms with E-state index in [-0.39, 0.29) is 5.91 Å². The van der Waals surface area contributed by atoms with Gasteiger partial charge in [-0.05, 0) is 44.6 Å². The fourth-order valence-electron chi connectivity index (χ4n) is 1.66. The molecule has 0 atom stereocenters. The third-order valence-corrected chi connectivity index (χ3v) is 3.04. The van der Waals surface area contributed by atoms with Crippen LogP contribution in [-0.4, -0.2) is 26.6 Å². The summed E-state index contributed by atoms with van der Waals surface area (Å²) >= 11 is 3.40. The van der Waals surface area contributed by atoms with Gasteiger partial charge in [-0.25, -0.2) is 0 Å². The van der Waals surface area contributed by atoms with Crippen LogP contribution in [0.1, 0.15) is 18.4 Å². The van der Waals surface area contributed by atoms with Crippen LogP contribution in [0.4, 0.5) is 5.69 Å². The predicted octanol–water partition coefficient (Wildman–Crippen LogP) is 2.70. The summed E-state index contributed by atoms with van der Waals surface area (Å²) in [6.07, 6.45) is 1.32. The van der Waals surface area contributed by atoms with Crippen molar-refractivity contribution in [3.8, 4) is 5.75 Å². The van der Waals surface area contributed by atoms with E-state index < -0.39 is 0 Å². The maximum atomic E-state index is 11.8. The zero-order valence-corrected chi connectivity index (χ0v) is 12.6. The van der Waals surface area contributed by atoms with Gasteiger partial charge >= 0.3 is 0 Å². The van der Waals surface area contributed by atoms with Crippen LogP contribution in [-0.2, 0) is 4.79 Å². The van der Waals surface area contributed by atoms with Gasteiger partial charge in [0.25, 0.3) is 0 Å². The van der Waals surface area contributed by atoms with Crippen LogP contribution in [0.3, 0.4) is 0 Å². The third kappa shape index (κ3) is 4.31. The van der Waals surface area contributed by atoms with Gasteiger partial charge in [-0.1, -0.05) is 15.9 Å². The monoisotopic (exact) mass is 314 g/mol. The molecular weight excluding hydrogens is 296 g/mol. The molecular formula is C13H19BrN2O2. The number of ether oxygens (including phenoxy) is 1. The maximum Gasteiger partial charge on any atom is 0.224 e. The number of amides is 1. The van der Waals surface area contributed by atoms with Crippen LogP contribution in [0, 0.1) is 6.92 Å². The number of carbonyl (C=O) groups is 1. The van der Waals surface area contributed by atoms with Gasteiger partial charge < -0.3 is 15.4 Å². The summed E-state index contributed by atoms with van der Waals surface area (Å²) in [5.74, 6) is 0.679. The molecule has 1 amide bonds. The molecule has 0 aliphatic heterocycles. The molecule has 0 fully saturated rings. The SMILES string of the molecule is CNCCCC(=O)Nc1c(C)cc(Br)cc1OC. The number of hydrogen-bond acceptors (Lipinski definition) is 3. The van der Waals surface area contributed by atoms with Crippen molar-refractivity contribution >= 4 is 27.5 Å². The lowest BCUT2D eigenvalue weighted by Gasteiger charge is -2.13. The molecule has 0 saturated heterocycles. The second-order valence-electron chi connectivity index (χ2n) is 4.06. The van der Waals surface area contributed by atoms with E-state index in [0.717, 1.165) is 28.7 Å². The molecule has 2 N–H and O–H groups in total. The van der Waals surface area contributed by atoms with Crippen molar-refractivity contribution in [3.63, 3.8) is 0 Å². The average Bonchev–Trinajstić information content (AvgIpc) is 2.32. The highest BCUT2D eigenvalue weighted by Crippen LogP contribution is 2.32. The number of halogens is 1. The lowest BCUT2D eigenvalue weighted by molar-refractivity contribution is -0.116. The molecule has 0 aliphatic rings. The molecule has 4 nitrogen and oxygen atoms in total. The van der Waals surface area contributed by atoms with E-state index in [1.807, 2.05) is 26.1 Å². The molecule has 0 spiro atoms. The Labute approximate surface area is 116 Å². The van der Waals surface area contributed by atoms with Crippen LogP contribution >= 0.6 is 15.9 Å². The number of carbonyl (C=O) groups excluding carboxylic acids is 1. The highest BCUT2D eigenvalue weighted by molar-refractivity contribution is 9.10. The van der Waals surface area contributed by atoms with Gasteiger partial charge in [0, 0.05) is 10.9 Å². The lowest BCUT2D eigenvalue weighted by atomic mass is 10.1. The first-order chi connectivity index (χ1) is 8.58. The quantitative estimate of drug-likeness (QED) is 0.794. The summed E-state index contributed by atoms with van der Waals surface area (Å²) in [4.78, 5) is 11.8. The smallest absolute Gasteiger partial charge is 0.224 e. The van der Waals surface area contributed by atoms with E-state index in [1.165, 1.54) is 0 Å². The Kier molecular flexibility index (Phi) is 6.15. The number of methoxy groups -OCH3 is 1. The average molecular weight is 315 g/mol. The Morgan fingerprint density at radius 1 is 1.44 bits per heavy atom. The number of rotatable bonds is 6. The molecule has 0 unspecified atom stereocenters. The fraction of sp³-hybridized carbons (Fsp3) is 0.462. The van der Waals surface area contributed by atoms with Crippen LogP contribution in [0.15, 0.2) is 16.6 Å². The molecule has 18 heavy (non-hydrogen) atoms. The Morgan fingerprint density at radius 2 is 2.17 bits per heavy atom. The van der Waals surface area contributed by atoms with Crippen LogP contribution < -0.4 is 15.4 Å². The standard InChI is InChI=1S/C13H19BrN2O2/c1-9-7-10(14)8-11(18-3)13(9)16-12(17)5-4-6-15-2/h7-8,15H,4-6H2,1-3H3,(H,16,17). The van der Waals surface area contributed by atoms with Gasteiger partial charge in [0.05, 0.1) is 12.8 Å². The van der Waals surface area contributed by atoms with Crippen molar-refractivity contribution in [3.05, 3.63) is 22.2 Å². The molecule has 0 bridgehead atoms. The third-order valence-electron chi connectivity index (χ3n) is 2.58. The maximum absolute atomic E-state index is 11.8. The van der Waals surface area contributed by atoms with Crippen LogP contribution in [0.5, 0.6) is 5.75 Å². The van der Waals surface area contributed by atoms with Crippen molar-refractivity contribution in [1.82, 2.24) is 5.32 Å². The molecule has 1 rings (SSSR count). The summed E-state index contributed by atoms with van der Waals surface area (Å²) < 4.78 is 6.21. The number of anilines is 1. The van der Waals surface area contributed by atoms with Gasteiger partial charge in [0.15, 0.2) is 0 Å². The number of nitrogens with one attached hydrogen (secondary N) is 2. The first kappa shape index (κ1) is 15.0. The van der Waals surface area contributed by atoms with Gasteiger partial charge in [0.1, 0.15) is 5.75 Å². The zero-order valence-electron chi connectivity index (χ0n) is 11.0. The molecule has 0 aromatic heterocycles. The molecule has 1 aromatic rings. The Bertz CT molecular complexity index is 422. The van der Waals surface area contributed by atoms with Crippen molar-refractivity contribution in [1.29, 1.82) is 0 Å². The second-order valence-corrected chi connectivity index (χ2v) is 4.97. The van der Waals surface area contributed by atoms with E-state index in [0.29, 0.717) is 12.2 Å². The predicted molar refractivity (Wildman–Crippen MR) is 77.2 cm³/mol. The van der Waals surface area contributed by atoms with Crippen molar-refractivity contribution in [2.45, 2.75) is 19.8 Å². The molecule has 1 aromatic carbocycles. The molecule has 0 radical (unpaired) electrons. The van der Waals surface area contributed by atoms with Gasteiger partial charge in [-0.15, -0.1) is 0 Å². The van der Waals surface area contributed by atoms with E-state index in [1.54, 1.807) is 7.11 Å². The topological polar surface area (TPSA) is 50.4 Å². The minimum absolute atomic E-state index is 0.00831. The van der Waals surface area contributed by atoms with Crippen molar-refractivity contribution in [2.75, 3.05) is 26.0 Å². The second kappa shape index (κ2) is 7.38. The van der Waals surface area contributed by atoms with Crippen LogP contribution in [0.2, 0.25) is 0 Å². The minimum Gasteiger partial charge on any atom is -0.495 e. The van der Waals surface area contributed by atoms with Gasteiger partial charge in [-0.2, -0.15) is 0 Å². The van der Waals surface area contributed by atoms with E-state index in [9.17, 15) is 4.79 Å². The minimum atomic E-state index is 0.00831. The zero-order chi connectivity index (χ0) is 13.5. The normalized spacial score (nSPS) is 10.2. The first-order valence-electron chi connectivity index (χ1n) is 5.87. The largest absolute Gasteiger partial charge is 0.495 e. The van der Waals surface area contributed by atoms with Gasteiger partial charge in [-0.3, -0.25) is 4.79 Å². The number of hydrogen-bond donors (Lipinski definition) is 2. The van der Waals surface area contributed by atoms with Crippen molar-refractivity contribution in [2.24, 2.45) is 0 Å². The van der Waals surface area contributed by atoms with E-state index >= 15 is 0 Å². The van der Waals surface area contributed by atoms with Gasteiger partial charge in [0.2, 0.25) is 5.91 Å². The lowest BCUT2D eigenvalue weighted by Crippen LogP contribution is -2.16. The number of benzene rings is 1.